The highest BCUT2D eigenvalue weighted by atomic mass is 16.7. The van der Waals surface area contributed by atoms with E-state index in [0.29, 0.717) is 144 Å². The van der Waals surface area contributed by atoms with Gasteiger partial charge in [0.25, 0.3) is 0 Å². The number of fused-ring (bicyclic) bond motifs is 2. The number of carbonyl (C=O) groups is 7. The Hall–Kier alpha value is -5.93. The Kier molecular flexibility index (Phi) is 41.8. The van der Waals surface area contributed by atoms with Crippen LogP contribution in [0.4, 0.5) is 9.59 Å². The molecule has 0 spiro atoms. The van der Waals surface area contributed by atoms with Gasteiger partial charge in [0.15, 0.2) is 6.10 Å². The maximum atomic E-state index is 13.1. The average molecular weight is 1510 g/mol. The fraction of sp³-hybridized carbons (Fsp3) is 0.806. The highest BCUT2D eigenvalue weighted by molar-refractivity contribution is 5.83. The summed E-state index contributed by atoms with van der Waals surface area (Å²) in [6, 6.07) is 1.26. The molecule has 600 valence electrons. The highest BCUT2D eigenvalue weighted by Crippen LogP contribution is 2.31. The summed E-state index contributed by atoms with van der Waals surface area (Å²) in [5.41, 5.74) is 6.02. The predicted molar refractivity (Wildman–Crippen MR) is 361 cm³/mol. The van der Waals surface area contributed by atoms with Crippen LogP contribution in [0, 0.1) is 0 Å². The number of alkyl carbamates (subject to hydrolysis) is 2. The molecule has 5 aliphatic heterocycles. The van der Waals surface area contributed by atoms with E-state index in [-0.39, 0.29) is 115 Å². The second-order valence-corrected chi connectivity index (χ2v) is 25.7. The van der Waals surface area contributed by atoms with Crippen LogP contribution < -0.4 is 42.4 Å². The van der Waals surface area contributed by atoms with Crippen LogP contribution in [-0.4, -0.2) is 345 Å². The van der Waals surface area contributed by atoms with Gasteiger partial charge in [0.1, 0.15) is 60.7 Å². The number of aliphatic carboxylic acids is 1. The number of aliphatic hydroxyl groups excluding tert-OH is 3. The standard InChI is InChI=1S/C67H111N7O31/c1-67(2,3)105-66(85)74-49-42-101-59-48(41-100-60(49)59)73-65(84)102-38-43-8-9-50(103-64-56(80)54(78)55(79)61(104-64)63(82)83)44(36-43)37-70-51(75)10-12-69-62(81)45(68)6-5-7-52(76)71-46-39-98-58-47(40-99-57(46)58)72-53(77)11-13-87-16-17-89-20-21-91-24-25-93-28-29-95-32-33-97-35-34-96-31-30-94-27-26-92-23-22-90-19-18-88-15-14-86-4/h8-9,36,45-49,54-61,64,78-80H,5-7,10-35,37-42,68H2,1-4H3,(H,69,81)(H,70,75)(H,71,76)(H,72,77)(H,73,84)(H,74,85)(H,82,83)/t45-,46-,47-,48-,49-,54-,55-,56+,57+,58+,59+,60+,61-,64+/m0/s1. The lowest BCUT2D eigenvalue weighted by Gasteiger charge is -2.38. The van der Waals surface area contributed by atoms with Gasteiger partial charge in [-0.2, -0.15) is 0 Å². The maximum Gasteiger partial charge on any atom is 0.408 e. The van der Waals surface area contributed by atoms with Gasteiger partial charge in [-0.25, -0.2) is 14.4 Å². The zero-order valence-electron chi connectivity index (χ0n) is 60.5. The summed E-state index contributed by atoms with van der Waals surface area (Å²) in [6.45, 7) is 15.1. The van der Waals surface area contributed by atoms with Crippen LogP contribution in [0.3, 0.4) is 0 Å². The summed E-state index contributed by atoms with van der Waals surface area (Å²) in [6.07, 6.45) is -12.9. The molecule has 0 aromatic heterocycles. The zero-order valence-corrected chi connectivity index (χ0v) is 60.5. The van der Waals surface area contributed by atoms with Crippen LogP contribution in [0.15, 0.2) is 18.2 Å². The van der Waals surface area contributed by atoms with Gasteiger partial charge < -0.3 is 153 Å². The Morgan fingerprint density at radius 3 is 1.37 bits per heavy atom. The molecule has 6 amide bonds. The first-order valence-electron chi connectivity index (χ1n) is 35.5. The molecule has 0 aliphatic carbocycles. The number of carboxylic acid groups (broad SMARTS) is 1. The SMILES string of the molecule is COCCOCCOCCOCCOCCOCCOCCOCCOCCOCCOCCOCCC(=O)N[C@H]1CO[C@H]2[C@@H]1OC[C@@H]2NC(=O)CCC[C@H](N)C(=O)NCCC(=O)NCc1cc(COC(=O)N[C@H]2CO[C@H]3[C@@H]2OC[C@@H]3NC(=O)OC(C)(C)C)ccc1O[C@@H]1O[C@H](C(=O)O)[C@@H](O)[C@H](O)[C@H]1O. The van der Waals surface area contributed by atoms with Gasteiger partial charge in [0.2, 0.25) is 29.9 Å². The first-order chi connectivity index (χ1) is 50.7. The normalized spacial score (nSPS) is 24.3. The van der Waals surface area contributed by atoms with Gasteiger partial charge in [-0.15, -0.1) is 0 Å². The van der Waals surface area contributed by atoms with Gasteiger partial charge in [-0.3, -0.25) is 19.2 Å². The Morgan fingerprint density at radius 2 is 0.933 bits per heavy atom. The summed E-state index contributed by atoms with van der Waals surface area (Å²) >= 11 is 0. The summed E-state index contributed by atoms with van der Waals surface area (Å²) in [5.74, 6) is -3.37. The van der Waals surface area contributed by atoms with Gasteiger partial charge in [0, 0.05) is 45.0 Å². The van der Waals surface area contributed by atoms with Gasteiger partial charge in [0.05, 0.1) is 209 Å². The first kappa shape index (κ1) is 88.0. The summed E-state index contributed by atoms with van der Waals surface area (Å²) in [5, 5.41) is 57.5. The van der Waals surface area contributed by atoms with E-state index in [2.05, 4.69) is 31.9 Å². The lowest BCUT2D eigenvalue weighted by Crippen LogP contribution is -2.61. The fourth-order valence-corrected chi connectivity index (χ4v) is 11.0. The highest BCUT2D eigenvalue weighted by Gasteiger charge is 2.51. The Bertz CT molecular complexity index is 2690. The van der Waals surface area contributed by atoms with Crippen LogP contribution in [0.25, 0.3) is 0 Å². The lowest BCUT2D eigenvalue weighted by atomic mass is 9.99. The van der Waals surface area contributed by atoms with Gasteiger partial charge in [-0.05, 0) is 51.3 Å². The topological polar surface area (TPSA) is 483 Å². The number of carbonyl (C=O) groups excluding carboxylic acids is 6. The van der Waals surface area contributed by atoms with E-state index in [0.717, 1.165) is 0 Å². The van der Waals surface area contributed by atoms with E-state index in [1.165, 1.54) is 18.2 Å². The van der Waals surface area contributed by atoms with Crippen molar-refractivity contribution in [3.63, 3.8) is 0 Å². The van der Waals surface area contributed by atoms with Crippen molar-refractivity contribution in [2.24, 2.45) is 5.73 Å². The van der Waals surface area contributed by atoms with E-state index in [4.69, 9.17) is 100 Å². The molecular formula is C67H111N7O31. The summed E-state index contributed by atoms with van der Waals surface area (Å²) in [4.78, 5) is 89.1. The molecule has 0 bridgehead atoms. The van der Waals surface area contributed by atoms with Gasteiger partial charge >= 0.3 is 18.2 Å². The van der Waals surface area contributed by atoms with Crippen LogP contribution >= 0.6 is 0 Å². The van der Waals surface area contributed by atoms with Crippen LogP contribution in [0.2, 0.25) is 0 Å². The minimum atomic E-state index is -1.99. The Morgan fingerprint density at radius 1 is 0.514 bits per heavy atom. The fourth-order valence-electron chi connectivity index (χ4n) is 11.0. The van der Waals surface area contributed by atoms with Crippen molar-refractivity contribution in [3.8, 4) is 5.75 Å². The molecule has 5 aliphatic rings. The number of nitrogens with two attached hydrogens (primary N) is 1. The Labute approximate surface area is 610 Å². The molecule has 5 fully saturated rings. The van der Waals surface area contributed by atoms with Crippen LogP contribution in [0.1, 0.15) is 64.0 Å². The average Bonchev–Trinajstić information content (AvgIpc) is 1.67. The minimum Gasteiger partial charge on any atom is -0.479 e. The van der Waals surface area contributed by atoms with Crippen LogP contribution in [-0.2, 0) is 127 Å². The number of methoxy groups -OCH3 is 1. The molecule has 38 nitrogen and oxygen atoms in total. The molecule has 5 saturated heterocycles. The molecule has 0 radical (unpaired) electrons. The Balaban J connectivity index is 0.741. The van der Waals surface area contributed by atoms with E-state index in [9.17, 15) is 54.0 Å². The van der Waals surface area contributed by atoms with Crippen molar-refractivity contribution in [3.05, 3.63) is 29.3 Å². The first-order valence-corrected chi connectivity index (χ1v) is 35.5. The third-order valence-electron chi connectivity index (χ3n) is 16.4. The quantitative estimate of drug-likeness (QED) is 0.0287. The molecular weight excluding hydrogens is 1400 g/mol. The lowest BCUT2D eigenvalue weighted by molar-refractivity contribution is -0.271. The predicted octanol–water partition coefficient (Wildman–Crippen LogP) is -3.15. The molecule has 6 rings (SSSR count). The summed E-state index contributed by atoms with van der Waals surface area (Å²) in [7, 11) is 1.63. The maximum absolute atomic E-state index is 13.1. The van der Waals surface area contributed by atoms with Crippen LogP contribution in [0.5, 0.6) is 5.75 Å². The molecule has 1 aromatic rings. The number of amides is 6. The molecule has 105 heavy (non-hydrogen) atoms. The summed E-state index contributed by atoms with van der Waals surface area (Å²) < 4.78 is 111. The number of ether oxygens (including phenoxy) is 20. The number of benzene rings is 1. The number of hydrogen-bond donors (Lipinski definition) is 11. The van der Waals surface area contributed by atoms with E-state index < -0.39 is 121 Å². The molecule has 0 unspecified atom stereocenters. The third-order valence-corrected chi connectivity index (χ3v) is 16.4. The van der Waals surface area contributed by atoms with Crippen molar-refractivity contribution in [2.45, 2.75) is 157 Å². The monoisotopic (exact) mass is 1510 g/mol. The van der Waals surface area contributed by atoms with Crippen molar-refractivity contribution < 1.29 is 149 Å². The molecule has 5 heterocycles. The number of rotatable bonds is 55. The zero-order chi connectivity index (χ0) is 75.6. The van der Waals surface area contributed by atoms with E-state index >= 15 is 0 Å². The number of hydrogen-bond acceptors (Lipinski definition) is 31. The van der Waals surface area contributed by atoms with Gasteiger partial charge in [-0.1, -0.05) is 6.07 Å². The molecule has 14 atom stereocenters. The molecule has 0 saturated carbocycles. The molecule has 1 aromatic carbocycles. The largest absolute Gasteiger partial charge is 0.479 e. The van der Waals surface area contributed by atoms with Crippen molar-refractivity contribution >= 4 is 41.8 Å². The van der Waals surface area contributed by atoms with Crippen molar-refractivity contribution in [1.82, 2.24) is 31.9 Å². The van der Waals surface area contributed by atoms with Crippen molar-refractivity contribution in [1.29, 1.82) is 0 Å². The van der Waals surface area contributed by atoms with E-state index in [1.807, 2.05) is 0 Å². The smallest absolute Gasteiger partial charge is 0.408 e. The number of aliphatic hydroxyl groups is 3. The van der Waals surface area contributed by atoms with E-state index in [1.54, 1.807) is 27.9 Å². The number of carboxylic acids is 1. The molecule has 38 heteroatoms. The molecule has 12 N–H and O–H groups in total. The second kappa shape index (κ2) is 49.9. The van der Waals surface area contributed by atoms with Crippen molar-refractivity contribution in [2.75, 3.05) is 192 Å². The second-order valence-electron chi connectivity index (χ2n) is 25.7. The number of nitrogens with one attached hydrogen (secondary N) is 6. The third kappa shape index (κ3) is 34.0. The minimum absolute atomic E-state index is 0.0370.